The van der Waals surface area contributed by atoms with Gasteiger partial charge in [0.2, 0.25) is 10.0 Å². The molecule has 9 heteroatoms. The van der Waals surface area contributed by atoms with E-state index in [4.69, 9.17) is 11.6 Å². The molecule has 0 aliphatic rings. The first-order valence-electron chi connectivity index (χ1n) is 8.64. The maximum Gasteiger partial charge on any atom is 0.277 e. The summed E-state index contributed by atoms with van der Waals surface area (Å²) in [6.07, 6.45) is 0.831. The van der Waals surface area contributed by atoms with Crippen LogP contribution in [0.1, 0.15) is 50.7 Å². The van der Waals surface area contributed by atoms with Gasteiger partial charge in [-0.05, 0) is 59.4 Å². The van der Waals surface area contributed by atoms with Crippen molar-refractivity contribution in [3.8, 4) is 5.75 Å². The summed E-state index contributed by atoms with van der Waals surface area (Å²) >= 11 is 5.82. The zero-order chi connectivity index (χ0) is 21.4. The van der Waals surface area contributed by atoms with Crippen molar-refractivity contribution in [3.05, 3.63) is 52.5 Å². The summed E-state index contributed by atoms with van der Waals surface area (Å²) < 4.78 is 51.8. The van der Waals surface area contributed by atoms with Gasteiger partial charge in [-0.3, -0.25) is 0 Å². The van der Waals surface area contributed by atoms with Gasteiger partial charge in [0.25, 0.3) is 10.0 Å². The second-order valence-corrected chi connectivity index (χ2v) is 11.5. The predicted molar refractivity (Wildman–Crippen MR) is 112 cm³/mol. The third-order valence-electron chi connectivity index (χ3n) is 4.24. The molecule has 28 heavy (non-hydrogen) atoms. The lowest BCUT2D eigenvalue weighted by atomic mass is 9.93. The number of aromatic hydroxyl groups is 1. The summed E-state index contributed by atoms with van der Waals surface area (Å²) in [6, 6.07) is 8.07. The van der Waals surface area contributed by atoms with Crippen molar-refractivity contribution in [3.63, 3.8) is 0 Å². The van der Waals surface area contributed by atoms with Crippen LogP contribution in [0.15, 0.2) is 41.3 Å². The highest BCUT2D eigenvalue weighted by molar-refractivity contribution is 8.10. The molecule has 0 amide bonds. The highest BCUT2D eigenvalue weighted by Crippen LogP contribution is 2.39. The minimum atomic E-state index is -4.42. The Balaban J connectivity index is 2.83. The molecule has 0 atom stereocenters. The highest BCUT2D eigenvalue weighted by atomic mass is 35.5. The number of phenols is 1. The molecule has 2 rings (SSSR count). The first-order valence-corrected chi connectivity index (χ1v) is 12.3. The predicted octanol–water partition coefficient (Wildman–Crippen LogP) is 4.45. The van der Waals surface area contributed by atoms with Crippen LogP contribution in [0, 0.1) is 0 Å². The van der Waals surface area contributed by atoms with Gasteiger partial charge in [-0.2, -0.15) is 3.71 Å². The van der Waals surface area contributed by atoms with Crippen LogP contribution in [0.3, 0.4) is 0 Å². The number of benzene rings is 2. The standard InChI is InChI=1S/C19H24ClNO5S2/c1-12(2)17-10-15(11-18(13(3)4)19(17)22)21(27(5,23)24)28(25,26)16-8-6-14(20)7-9-16/h6-13,22H,1-5H3. The average Bonchev–Trinajstić information content (AvgIpc) is 2.54. The van der Waals surface area contributed by atoms with Gasteiger partial charge in [-0.15, -0.1) is 0 Å². The summed E-state index contributed by atoms with van der Waals surface area (Å²) in [5, 5.41) is 10.9. The first-order chi connectivity index (χ1) is 12.8. The number of hydrogen-bond acceptors (Lipinski definition) is 5. The fourth-order valence-corrected chi connectivity index (χ4v) is 6.21. The van der Waals surface area contributed by atoms with Gasteiger partial charge in [-0.25, -0.2) is 16.8 Å². The number of phenolic OH excluding ortho intramolecular Hbond substituents is 1. The minimum Gasteiger partial charge on any atom is -0.507 e. The topological polar surface area (TPSA) is 91.8 Å². The molecular formula is C19H24ClNO5S2. The lowest BCUT2D eigenvalue weighted by molar-refractivity contribution is 0.454. The molecule has 0 aromatic heterocycles. The minimum absolute atomic E-state index is 0.0392. The third kappa shape index (κ3) is 4.45. The molecule has 0 bridgehead atoms. The molecule has 0 aliphatic heterocycles. The van der Waals surface area contributed by atoms with E-state index in [1.165, 1.54) is 36.4 Å². The lowest BCUT2D eigenvalue weighted by Crippen LogP contribution is -2.36. The van der Waals surface area contributed by atoms with Crippen LogP contribution in [0.2, 0.25) is 5.02 Å². The summed E-state index contributed by atoms with van der Waals surface area (Å²) in [7, 11) is -8.62. The number of sulfonamides is 2. The van der Waals surface area contributed by atoms with Crippen LogP contribution < -0.4 is 3.71 Å². The van der Waals surface area contributed by atoms with Gasteiger partial charge in [0.05, 0.1) is 16.8 Å². The maximum absolute atomic E-state index is 13.2. The number of hydrogen-bond donors (Lipinski definition) is 1. The van der Waals surface area contributed by atoms with Crippen LogP contribution in [-0.2, 0) is 20.0 Å². The van der Waals surface area contributed by atoms with Crippen molar-refractivity contribution >= 4 is 37.3 Å². The Morgan fingerprint density at radius 1 is 0.893 bits per heavy atom. The van der Waals surface area contributed by atoms with Gasteiger partial charge in [0, 0.05) is 5.02 Å². The second kappa shape index (κ2) is 7.93. The normalized spacial score (nSPS) is 12.6. The average molecular weight is 446 g/mol. The Hall–Kier alpha value is -1.77. The van der Waals surface area contributed by atoms with E-state index >= 15 is 0 Å². The van der Waals surface area contributed by atoms with Crippen LogP contribution in [0.5, 0.6) is 5.75 Å². The molecule has 0 radical (unpaired) electrons. The zero-order valence-corrected chi connectivity index (χ0v) is 18.7. The Kier molecular flexibility index (Phi) is 6.37. The van der Waals surface area contributed by atoms with E-state index in [9.17, 15) is 21.9 Å². The lowest BCUT2D eigenvalue weighted by Gasteiger charge is -2.25. The summed E-state index contributed by atoms with van der Waals surface area (Å²) in [5.41, 5.74) is 0.907. The smallest absolute Gasteiger partial charge is 0.277 e. The Morgan fingerprint density at radius 3 is 1.68 bits per heavy atom. The molecule has 2 aromatic carbocycles. The fourth-order valence-electron chi connectivity index (χ4n) is 2.86. The molecule has 0 unspecified atom stereocenters. The van der Waals surface area contributed by atoms with Crippen molar-refractivity contribution in [1.29, 1.82) is 0 Å². The number of rotatable bonds is 6. The molecular weight excluding hydrogens is 422 g/mol. The van der Waals surface area contributed by atoms with Crippen molar-refractivity contribution in [2.75, 3.05) is 9.97 Å². The van der Waals surface area contributed by atoms with E-state index in [0.717, 1.165) is 6.26 Å². The number of halogens is 1. The quantitative estimate of drug-likeness (QED) is 0.709. The van der Waals surface area contributed by atoms with Crippen molar-refractivity contribution in [2.24, 2.45) is 0 Å². The first kappa shape index (κ1) is 22.5. The second-order valence-electron chi connectivity index (χ2n) is 7.20. The van der Waals surface area contributed by atoms with Crippen molar-refractivity contribution in [2.45, 2.75) is 44.4 Å². The largest absolute Gasteiger partial charge is 0.507 e. The van der Waals surface area contributed by atoms with E-state index in [-0.39, 0.29) is 28.2 Å². The highest BCUT2D eigenvalue weighted by Gasteiger charge is 2.34. The summed E-state index contributed by atoms with van der Waals surface area (Å²) in [5.74, 6) is -0.236. The molecule has 1 N–H and O–H groups in total. The fraction of sp³-hybridized carbons (Fsp3) is 0.368. The molecule has 6 nitrogen and oxygen atoms in total. The Labute approximate surface area is 171 Å². The number of nitrogens with zero attached hydrogens (tertiary/aromatic N) is 1. The van der Waals surface area contributed by atoms with Gasteiger partial charge in [0.15, 0.2) is 0 Å². The molecule has 0 aliphatic carbocycles. The van der Waals surface area contributed by atoms with Crippen molar-refractivity contribution in [1.82, 2.24) is 0 Å². The van der Waals surface area contributed by atoms with Crippen LogP contribution >= 0.6 is 11.6 Å². The zero-order valence-electron chi connectivity index (χ0n) is 16.3. The summed E-state index contributed by atoms with van der Waals surface area (Å²) in [4.78, 5) is -0.201. The molecule has 2 aromatic rings. The van der Waals surface area contributed by atoms with Crippen LogP contribution in [-0.4, -0.2) is 28.2 Å². The van der Waals surface area contributed by atoms with E-state index in [0.29, 0.717) is 19.9 Å². The van der Waals surface area contributed by atoms with Gasteiger partial charge < -0.3 is 5.11 Å². The SMILES string of the molecule is CC(C)c1cc(N(S(C)(=O)=O)S(=O)(=O)c2ccc(Cl)cc2)cc(C(C)C)c1O. The molecule has 0 heterocycles. The molecule has 154 valence electrons. The third-order valence-corrected chi connectivity index (χ3v) is 8.22. The summed E-state index contributed by atoms with van der Waals surface area (Å²) in [6.45, 7) is 7.34. The maximum atomic E-state index is 13.2. The van der Waals surface area contributed by atoms with Gasteiger partial charge in [0.1, 0.15) is 5.75 Å². The molecule has 0 saturated heterocycles. The molecule has 0 spiro atoms. The van der Waals surface area contributed by atoms with Crippen LogP contribution in [0.4, 0.5) is 5.69 Å². The van der Waals surface area contributed by atoms with E-state index < -0.39 is 20.0 Å². The van der Waals surface area contributed by atoms with Gasteiger partial charge >= 0.3 is 0 Å². The van der Waals surface area contributed by atoms with Crippen molar-refractivity contribution < 1.29 is 21.9 Å². The monoisotopic (exact) mass is 445 g/mol. The Bertz CT molecular complexity index is 1050. The van der Waals surface area contributed by atoms with Crippen LogP contribution in [0.25, 0.3) is 0 Å². The Morgan fingerprint density at radius 2 is 1.32 bits per heavy atom. The van der Waals surface area contributed by atoms with Gasteiger partial charge in [-0.1, -0.05) is 39.3 Å². The number of anilines is 1. The molecule has 0 fully saturated rings. The molecule has 0 saturated carbocycles. The van der Waals surface area contributed by atoms with E-state index in [1.54, 1.807) is 0 Å². The van der Waals surface area contributed by atoms with E-state index in [1.807, 2.05) is 27.7 Å². The van der Waals surface area contributed by atoms with E-state index in [2.05, 4.69) is 0 Å².